The molecule has 0 aromatic heterocycles. The molecule has 0 radical (unpaired) electrons. The maximum atomic E-state index is 3.73. The molecule has 1 N–H and O–H groups in total. The molecule has 1 aliphatic rings. The SMILES string of the molecule is CN(C)C(c1ccccc1)(c1ccccc1)[C@@H]1CCCN1. The van der Waals surface area contributed by atoms with Gasteiger partial charge >= 0.3 is 0 Å². The number of nitrogens with one attached hydrogen (secondary N) is 1. The van der Waals surface area contributed by atoms with Crippen LogP contribution < -0.4 is 5.32 Å². The molecule has 0 aliphatic carbocycles. The summed E-state index contributed by atoms with van der Waals surface area (Å²) in [7, 11) is 4.39. The quantitative estimate of drug-likeness (QED) is 0.925. The van der Waals surface area contributed by atoms with Crippen molar-refractivity contribution in [1.82, 2.24) is 10.2 Å². The number of nitrogens with zero attached hydrogens (tertiary/aromatic N) is 1. The first kappa shape index (κ1) is 14.3. The smallest absolute Gasteiger partial charge is 0.0866 e. The predicted octanol–water partition coefficient (Wildman–Crippen LogP) is 3.24. The molecule has 0 saturated carbocycles. The Bertz CT molecular complexity index is 517. The first-order valence-corrected chi connectivity index (χ1v) is 7.78. The van der Waals surface area contributed by atoms with Gasteiger partial charge < -0.3 is 5.32 Å². The van der Waals surface area contributed by atoms with Gasteiger partial charge in [-0.1, -0.05) is 60.7 Å². The maximum absolute atomic E-state index is 3.73. The molecule has 2 nitrogen and oxygen atoms in total. The minimum Gasteiger partial charge on any atom is -0.311 e. The molecule has 2 heteroatoms. The second-order valence-electron chi connectivity index (χ2n) is 6.04. The van der Waals surface area contributed by atoms with E-state index >= 15 is 0 Å². The highest BCUT2D eigenvalue weighted by atomic mass is 15.2. The second kappa shape index (κ2) is 6.00. The number of benzene rings is 2. The molecular weight excluding hydrogens is 256 g/mol. The molecule has 0 spiro atoms. The lowest BCUT2D eigenvalue weighted by Gasteiger charge is -2.46. The van der Waals surface area contributed by atoms with E-state index in [4.69, 9.17) is 0 Å². The lowest BCUT2D eigenvalue weighted by Crippen LogP contribution is -2.55. The maximum Gasteiger partial charge on any atom is 0.0866 e. The van der Waals surface area contributed by atoms with E-state index in [-0.39, 0.29) is 5.54 Å². The van der Waals surface area contributed by atoms with E-state index in [1.807, 2.05) is 0 Å². The first-order chi connectivity index (χ1) is 10.3. The van der Waals surface area contributed by atoms with Crippen molar-refractivity contribution in [2.75, 3.05) is 20.6 Å². The van der Waals surface area contributed by atoms with Crippen LogP contribution >= 0.6 is 0 Å². The molecule has 1 heterocycles. The van der Waals surface area contributed by atoms with Crippen molar-refractivity contribution < 1.29 is 0 Å². The van der Waals surface area contributed by atoms with Crippen molar-refractivity contribution in [3.63, 3.8) is 0 Å². The molecule has 0 bridgehead atoms. The van der Waals surface area contributed by atoms with E-state index in [1.54, 1.807) is 0 Å². The van der Waals surface area contributed by atoms with Crippen molar-refractivity contribution in [2.24, 2.45) is 0 Å². The van der Waals surface area contributed by atoms with Gasteiger partial charge in [0.1, 0.15) is 0 Å². The van der Waals surface area contributed by atoms with Gasteiger partial charge in [0.05, 0.1) is 5.54 Å². The first-order valence-electron chi connectivity index (χ1n) is 7.78. The average Bonchev–Trinajstić information content (AvgIpc) is 3.04. The van der Waals surface area contributed by atoms with E-state index in [2.05, 4.69) is 85.0 Å². The van der Waals surface area contributed by atoms with Gasteiger partial charge in [0.15, 0.2) is 0 Å². The lowest BCUT2D eigenvalue weighted by molar-refractivity contribution is 0.150. The Hall–Kier alpha value is -1.64. The third-order valence-corrected chi connectivity index (χ3v) is 4.70. The summed E-state index contributed by atoms with van der Waals surface area (Å²) in [5.74, 6) is 0. The minimum absolute atomic E-state index is 0.112. The van der Waals surface area contributed by atoms with Gasteiger partial charge in [-0.25, -0.2) is 0 Å². The van der Waals surface area contributed by atoms with Crippen LogP contribution in [0.5, 0.6) is 0 Å². The molecule has 0 unspecified atom stereocenters. The van der Waals surface area contributed by atoms with Crippen molar-refractivity contribution in [3.8, 4) is 0 Å². The van der Waals surface area contributed by atoms with E-state index in [9.17, 15) is 0 Å². The van der Waals surface area contributed by atoms with Crippen LogP contribution in [0.3, 0.4) is 0 Å². The third-order valence-electron chi connectivity index (χ3n) is 4.70. The van der Waals surface area contributed by atoms with Gasteiger partial charge in [0.2, 0.25) is 0 Å². The van der Waals surface area contributed by atoms with Gasteiger partial charge in [-0.15, -0.1) is 0 Å². The second-order valence-corrected chi connectivity index (χ2v) is 6.04. The van der Waals surface area contributed by atoms with Gasteiger partial charge in [-0.3, -0.25) is 4.90 Å². The van der Waals surface area contributed by atoms with E-state index < -0.39 is 0 Å². The largest absolute Gasteiger partial charge is 0.311 e. The summed E-state index contributed by atoms with van der Waals surface area (Å²) in [6.07, 6.45) is 2.46. The van der Waals surface area contributed by atoms with Crippen LogP contribution in [0, 0.1) is 0 Å². The number of hydrogen-bond donors (Lipinski definition) is 1. The fraction of sp³-hybridized carbons (Fsp3) is 0.368. The molecule has 2 aromatic carbocycles. The Morgan fingerprint density at radius 1 is 0.905 bits per heavy atom. The van der Waals surface area contributed by atoms with Gasteiger partial charge in [-0.2, -0.15) is 0 Å². The van der Waals surface area contributed by atoms with E-state index in [0.717, 1.165) is 6.54 Å². The zero-order chi connectivity index (χ0) is 14.7. The molecule has 1 saturated heterocycles. The Labute approximate surface area is 127 Å². The Morgan fingerprint density at radius 2 is 1.43 bits per heavy atom. The van der Waals surface area contributed by atoms with Crippen LogP contribution in [0.1, 0.15) is 24.0 Å². The number of rotatable bonds is 4. The highest BCUT2D eigenvalue weighted by Crippen LogP contribution is 2.40. The van der Waals surface area contributed by atoms with Crippen molar-refractivity contribution in [3.05, 3.63) is 71.8 Å². The van der Waals surface area contributed by atoms with Crippen molar-refractivity contribution >= 4 is 0 Å². The molecule has 3 rings (SSSR count). The van der Waals surface area contributed by atoms with Gasteiger partial charge in [0, 0.05) is 6.04 Å². The van der Waals surface area contributed by atoms with Gasteiger partial charge in [-0.05, 0) is 44.6 Å². The topological polar surface area (TPSA) is 15.3 Å². The third kappa shape index (κ3) is 2.39. The summed E-state index contributed by atoms with van der Waals surface area (Å²) in [6, 6.07) is 22.2. The average molecular weight is 280 g/mol. The Kier molecular flexibility index (Phi) is 4.09. The Balaban J connectivity index is 2.21. The Morgan fingerprint density at radius 3 is 1.81 bits per heavy atom. The standard InChI is InChI=1S/C19H24N2/c1-21(2)19(18-14-9-15-20-18,16-10-5-3-6-11-16)17-12-7-4-8-13-17/h3-8,10-13,18,20H,9,14-15H2,1-2H3/t18-/m0/s1. The van der Waals surface area contributed by atoms with Gasteiger partial charge in [0.25, 0.3) is 0 Å². The van der Waals surface area contributed by atoms with Crippen LogP contribution in [0.25, 0.3) is 0 Å². The number of hydrogen-bond acceptors (Lipinski definition) is 2. The molecule has 0 amide bonds. The van der Waals surface area contributed by atoms with Crippen molar-refractivity contribution in [1.29, 1.82) is 0 Å². The molecule has 1 atom stereocenters. The van der Waals surface area contributed by atoms with E-state index in [1.165, 1.54) is 24.0 Å². The molecule has 1 fully saturated rings. The fourth-order valence-corrected chi connectivity index (χ4v) is 3.82. The van der Waals surface area contributed by atoms with Crippen LogP contribution in [-0.2, 0) is 5.54 Å². The van der Waals surface area contributed by atoms with Crippen LogP contribution in [-0.4, -0.2) is 31.6 Å². The molecule has 110 valence electrons. The van der Waals surface area contributed by atoms with Crippen LogP contribution in [0.4, 0.5) is 0 Å². The summed E-state index contributed by atoms with van der Waals surface area (Å²) in [5, 5.41) is 3.73. The summed E-state index contributed by atoms with van der Waals surface area (Å²) in [4.78, 5) is 2.38. The highest BCUT2D eigenvalue weighted by Gasteiger charge is 2.44. The molecule has 2 aromatic rings. The summed E-state index contributed by atoms with van der Waals surface area (Å²) in [5.41, 5.74) is 2.61. The van der Waals surface area contributed by atoms with Crippen LogP contribution in [0.15, 0.2) is 60.7 Å². The summed E-state index contributed by atoms with van der Waals surface area (Å²) in [6.45, 7) is 1.11. The van der Waals surface area contributed by atoms with E-state index in [0.29, 0.717) is 6.04 Å². The molecule has 21 heavy (non-hydrogen) atoms. The normalized spacial score (nSPS) is 19.1. The van der Waals surface area contributed by atoms with Crippen LogP contribution in [0.2, 0.25) is 0 Å². The number of likely N-dealkylation sites (N-methyl/N-ethyl adjacent to an activating group) is 1. The molecular formula is C19H24N2. The van der Waals surface area contributed by atoms with Crippen molar-refractivity contribution in [2.45, 2.75) is 24.4 Å². The highest BCUT2D eigenvalue weighted by molar-refractivity contribution is 5.41. The monoisotopic (exact) mass is 280 g/mol. The zero-order valence-corrected chi connectivity index (χ0v) is 12.9. The fourth-order valence-electron chi connectivity index (χ4n) is 3.82. The zero-order valence-electron chi connectivity index (χ0n) is 12.9. The summed E-state index contributed by atoms with van der Waals surface area (Å²) >= 11 is 0. The molecule has 1 aliphatic heterocycles. The minimum atomic E-state index is -0.112. The predicted molar refractivity (Wildman–Crippen MR) is 88.4 cm³/mol. The summed E-state index contributed by atoms with van der Waals surface area (Å²) < 4.78 is 0. The lowest BCUT2D eigenvalue weighted by atomic mass is 9.75.